The summed E-state index contributed by atoms with van der Waals surface area (Å²) in [6, 6.07) is 3.67. The van der Waals surface area contributed by atoms with Crippen molar-refractivity contribution in [2.45, 2.75) is 31.8 Å². The monoisotopic (exact) mass is 268 g/mol. The van der Waals surface area contributed by atoms with Gasteiger partial charge in [0.05, 0.1) is 17.7 Å². The number of hydrogen-bond acceptors (Lipinski definition) is 3. The lowest BCUT2D eigenvalue weighted by Gasteiger charge is -2.13. The van der Waals surface area contributed by atoms with Gasteiger partial charge in [0, 0.05) is 6.54 Å². The lowest BCUT2D eigenvalue weighted by atomic mass is 10.1. The van der Waals surface area contributed by atoms with Crippen molar-refractivity contribution in [3.8, 4) is 5.75 Å². The minimum atomic E-state index is -0.635. The van der Waals surface area contributed by atoms with Gasteiger partial charge in [0.15, 0.2) is 0 Å². The average molecular weight is 269 g/mol. The lowest BCUT2D eigenvalue weighted by Crippen LogP contribution is -2.42. The van der Waals surface area contributed by atoms with E-state index >= 15 is 0 Å². The highest BCUT2D eigenvalue weighted by Gasteiger charge is 2.45. The minimum absolute atomic E-state index is 0.0890. The first kappa shape index (κ1) is 13.2. The molecule has 1 amide bonds. The van der Waals surface area contributed by atoms with Crippen LogP contribution in [0.25, 0.3) is 0 Å². The van der Waals surface area contributed by atoms with Crippen LogP contribution in [-0.4, -0.2) is 18.6 Å². The van der Waals surface area contributed by atoms with Crippen LogP contribution < -0.4 is 15.8 Å². The highest BCUT2D eigenvalue weighted by Crippen LogP contribution is 2.32. The van der Waals surface area contributed by atoms with Gasteiger partial charge in [-0.05, 0) is 43.0 Å². The summed E-state index contributed by atoms with van der Waals surface area (Å²) in [6.45, 7) is 2.39. The Kier molecular flexibility index (Phi) is 3.50. The van der Waals surface area contributed by atoms with E-state index in [1.807, 2.05) is 19.1 Å². The van der Waals surface area contributed by atoms with Crippen molar-refractivity contribution in [2.24, 2.45) is 5.73 Å². The van der Waals surface area contributed by atoms with E-state index in [1.165, 1.54) is 0 Å². The molecule has 18 heavy (non-hydrogen) atoms. The molecule has 0 heterocycles. The summed E-state index contributed by atoms with van der Waals surface area (Å²) >= 11 is 6.06. The quantitative estimate of drug-likeness (QED) is 0.875. The van der Waals surface area contributed by atoms with Crippen LogP contribution >= 0.6 is 11.6 Å². The molecule has 1 aliphatic carbocycles. The van der Waals surface area contributed by atoms with Gasteiger partial charge in [-0.1, -0.05) is 11.6 Å². The van der Waals surface area contributed by atoms with Crippen LogP contribution in [-0.2, 0) is 11.3 Å². The van der Waals surface area contributed by atoms with Crippen molar-refractivity contribution in [2.75, 3.05) is 7.11 Å². The molecule has 1 fully saturated rings. The molecule has 1 saturated carbocycles. The van der Waals surface area contributed by atoms with Crippen molar-refractivity contribution < 1.29 is 9.53 Å². The van der Waals surface area contributed by atoms with E-state index < -0.39 is 5.54 Å². The summed E-state index contributed by atoms with van der Waals surface area (Å²) in [4.78, 5) is 11.7. The first-order chi connectivity index (χ1) is 8.46. The SMILES string of the molecule is COc1cc(C)c(CNC(=O)C2(N)CC2)cc1Cl. The van der Waals surface area contributed by atoms with E-state index in [1.54, 1.807) is 7.11 Å². The van der Waals surface area contributed by atoms with Crippen molar-refractivity contribution in [3.63, 3.8) is 0 Å². The van der Waals surface area contributed by atoms with Gasteiger partial charge in [-0.15, -0.1) is 0 Å². The van der Waals surface area contributed by atoms with E-state index in [4.69, 9.17) is 22.1 Å². The molecule has 0 saturated heterocycles. The zero-order chi connectivity index (χ0) is 13.3. The molecule has 0 spiro atoms. The number of nitrogens with two attached hydrogens (primary N) is 1. The number of methoxy groups -OCH3 is 1. The zero-order valence-corrected chi connectivity index (χ0v) is 11.3. The first-order valence-corrected chi connectivity index (χ1v) is 6.24. The number of rotatable bonds is 4. The van der Waals surface area contributed by atoms with E-state index in [-0.39, 0.29) is 5.91 Å². The maximum atomic E-state index is 11.7. The first-order valence-electron chi connectivity index (χ1n) is 5.86. The maximum Gasteiger partial charge on any atom is 0.240 e. The Morgan fingerprint density at radius 3 is 2.78 bits per heavy atom. The smallest absolute Gasteiger partial charge is 0.240 e. The molecule has 1 aromatic carbocycles. The number of ether oxygens (including phenoxy) is 1. The van der Waals surface area contributed by atoms with Crippen molar-refractivity contribution >= 4 is 17.5 Å². The van der Waals surface area contributed by atoms with Gasteiger partial charge < -0.3 is 15.8 Å². The van der Waals surface area contributed by atoms with E-state index in [9.17, 15) is 4.79 Å². The van der Waals surface area contributed by atoms with Gasteiger partial charge in [0.2, 0.25) is 5.91 Å². The fourth-order valence-corrected chi connectivity index (χ4v) is 2.02. The second-order valence-corrected chi connectivity index (χ2v) is 5.16. The third-order valence-electron chi connectivity index (χ3n) is 3.29. The van der Waals surface area contributed by atoms with Gasteiger partial charge in [0.25, 0.3) is 0 Å². The molecular formula is C13H17ClN2O2. The number of carbonyl (C=O) groups is 1. The van der Waals surface area contributed by atoms with Crippen LogP contribution in [0.2, 0.25) is 5.02 Å². The Morgan fingerprint density at radius 1 is 1.56 bits per heavy atom. The summed E-state index contributed by atoms with van der Waals surface area (Å²) < 4.78 is 5.13. The summed E-state index contributed by atoms with van der Waals surface area (Å²) in [7, 11) is 1.58. The number of hydrogen-bond donors (Lipinski definition) is 2. The molecule has 4 nitrogen and oxygen atoms in total. The molecule has 1 aliphatic rings. The Balaban J connectivity index is 2.05. The number of halogens is 1. The van der Waals surface area contributed by atoms with Crippen LogP contribution in [0.1, 0.15) is 24.0 Å². The van der Waals surface area contributed by atoms with Crippen LogP contribution in [0, 0.1) is 6.92 Å². The van der Waals surface area contributed by atoms with Crippen molar-refractivity contribution in [3.05, 3.63) is 28.3 Å². The average Bonchev–Trinajstić information content (AvgIpc) is 3.08. The summed E-state index contributed by atoms with van der Waals surface area (Å²) in [5, 5.41) is 3.39. The van der Waals surface area contributed by atoms with E-state index in [0.29, 0.717) is 17.3 Å². The Bertz CT molecular complexity index is 484. The van der Waals surface area contributed by atoms with Gasteiger partial charge in [-0.3, -0.25) is 4.79 Å². The fourth-order valence-electron chi connectivity index (χ4n) is 1.76. The second kappa shape index (κ2) is 4.78. The highest BCUT2D eigenvalue weighted by atomic mass is 35.5. The van der Waals surface area contributed by atoms with Gasteiger partial charge in [-0.25, -0.2) is 0 Å². The molecular weight excluding hydrogens is 252 g/mol. The Hall–Kier alpha value is -1.26. The second-order valence-electron chi connectivity index (χ2n) is 4.75. The molecule has 2 rings (SSSR count). The molecule has 0 unspecified atom stereocenters. The van der Waals surface area contributed by atoms with Crippen LogP contribution in [0.3, 0.4) is 0 Å². The highest BCUT2D eigenvalue weighted by molar-refractivity contribution is 6.32. The minimum Gasteiger partial charge on any atom is -0.495 e. The summed E-state index contributed by atoms with van der Waals surface area (Å²) in [5.74, 6) is 0.551. The molecule has 0 aliphatic heterocycles. The molecule has 0 radical (unpaired) electrons. The number of aryl methyl sites for hydroxylation is 1. The van der Waals surface area contributed by atoms with Gasteiger partial charge >= 0.3 is 0 Å². The van der Waals surface area contributed by atoms with E-state index in [2.05, 4.69) is 5.32 Å². The van der Waals surface area contributed by atoms with Gasteiger partial charge in [0.1, 0.15) is 5.75 Å². The van der Waals surface area contributed by atoms with Crippen LogP contribution in [0.5, 0.6) is 5.75 Å². The van der Waals surface area contributed by atoms with Crippen LogP contribution in [0.4, 0.5) is 0 Å². The molecule has 3 N–H and O–H groups in total. The van der Waals surface area contributed by atoms with Gasteiger partial charge in [-0.2, -0.15) is 0 Å². The standard InChI is InChI=1S/C13H17ClN2O2/c1-8-5-11(18-2)10(14)6-9(8)7-16-12(17)13(15)3-4-13/h5-6H,3-4,7,15H2,1-2H3,(H,16,17). The fraction of sp³-hybridized carbons (Fsp3) is 0.462. The zero-order valence-electron chi connectivity index (χ0n) is 10.5. The predicted molar refractivity (Wildman–Crippen MR) is 70.7 cm³/mol. The number of amides is 1. The molecule has 0 atom stereocenters. The topological polar surface area (TPSA) is 64.3 Å². The number of benzene rings is 1. The molecule has 5 heteroatoms. The molecule has 0 bridgehead atoms. The van der Waals surface area contributed by atoms with Crippen molar-refractivity contribution in [1.29, 1.82) is 0 Å². The third kappa shape index (κ3) is 2.60. The summed E-state index contributed by atoms with van der Waals surface area (Å²) in [5.41, 5.74) is 7.17. The predicted octanol–water partition coefficient (Wildman–Crippen LogP) is 1.76. The third-order valence-corrected chi connectivity index (χ3v) is 3.59. The Morgan fingerprint density at radius 2 is 2.22 bits per heavy atom. The summed E-state index contributed by atoms with van der Waals surface area (Å²) in [6.07, 6.45) is 1.53. The maximum absolute atomic E-state index is 11.7. The molecule has 0 aromatic heterocycles. The van der Waals surface area contributed by atoms with Crippen molar-refractivity contribution in [1.82, 2.24) is 5.32 Å². The van der Waals surface area contributed by atoms with E-state index in [0.717, 1.165) is 24.0 Å². The normalized spacial score (nSPS) is 16.2. The lowest BCUT2D eigenvalue weighted by molar-refractivity contribution is -0.123. The molecule has 98 valence electrons. The largest absolute Gasteiger partial charge is 0.495 e. The number of nitrogens with one attached hydrogen (secondary N) is 1. The van der Waals surface area contributed by atoms with Crippen LogP contribution in [0.15, 0.2) is 12.1 Å². The Labute approximate surface area is 111 Å². The number of carbonyl (C=O) groups excluding carboxylic acids is 1. The molecule has 1 aromatic rings.